The first kappa shape index (κ1) is 15.1. The zero-order valence-electron chi connectivity index (χ0n) is 11.4. The molecule has 0 atom stereocenters. The first-order valence-corrected chi connectivity index (χ1v) is 7.59. The molecule has 0 unspecified atom stereocenters. The maximum atomic E-state index is 13.7. The number of halogens is 2. The Morgan fingerprint density at radius 3 is 2.20 bits per heavy atom. The second kappa shape index (κ2) is 5.63. The van der Waals surface area contributed by atoms with E-state index < -0.39 is 21.8 Å². The maximum Gasteiger partial charge on any atom is 0.281 e. The molecule has 0 aliphatic carbocycles. The van der Waals surface area contributed by atoms with E-state index in [0.29, 0.717) is 18.8 Å². The van der Waals surface area contributed by atoms with Crippen LogP contribution in [0.4, 0.5) is 14.5 Å². The molecule has 1 heterocycles. The molecule has 112 valence electrons. The van der Waals surface area contributed by atoms with Gasteiger partial charge in [-0.15, -0.1) is 0 Å². The van der Waals surface area contributed by atoms with Crippen LogP contribution in [0.1, 0.15) is 0 Å². The largest absolute Gasteiger partial charge is 0.367 e. The van der Waals surface area contributed by atoms with Gasteiger partial charge in [-0.2, -0.15) is 17.0 Å². The van der Waals surface area contributed by atoms with Gasteiger partial charge < -0.3 is 4.90 Å². The molecule has 0 bridgehead atoms. The summed E-state index contributed by atoms with van der Waals surface area (Å²) in [5.74, 6) is -1.26. The molecule has 0 spiro atoms. The highest BCUT2D eigenvalue weighted by Gasteiger charge is 2.29. The summed E-state index contributed by atoms with van der Waals surface area (Å²) in [6.45, 7) is 1.29. The molecule has 2 rings (SSSR count). The summed E-state index contributed by atoms with van der Waals surface area (Å²) in [5.41, 5.74) is 0.299. The molecule has 0 saturated carbocycles. The van der Waals surface area contributed by atoms with Crippen LogP contribution in [-0.4, -0.2) is 57.3 Å². The summed E-state index contributed by atoms with van der Waals surface area (Å²) in [5, 5.41) is 0. The highest BCUT2D eigenvalue weighted by molar-refractivity contribution is 7.86. The van der Waals surface area contributed by atoms with Crippen molar-refractivity contribution in [2.45, 2.75) is 0 Å². The molecule has 5 nitrogen and oxygen atoms in total. The van der Waals surface area contributed by atoms with Crippen molar-refractivity contribution in [1.82, 2.24) is 8.61 Å². The van der Waals surface area contributed by atoms with Gasteiger partial charge in [-0.3, -0.25) is 0 Å². The quantitative estimate of drug-likeness (QED) is 0.833. The Morgan fingerprint density at radius 2 is 1.70 bits per heavy atom. The number of hydrogen-bond acceptors (Lipinski definition) is 3. The lowest BCUT2D eigenvalue weighted by molar-refractivity contribution is 0.354. The molecule has 1 saturated heterocycles. The SMILES string of the molecule is CN(C)S(=O)(=O)N1CCN(c2ccc(F)cc2F)CC1. The number of hydrogen-bond donors (Lipinski definition) is 0. The molecule has 20 heavy (non-hydrogen) atoms. The summed E-state index contributed by atoms with van der Waals surface area (Å²) >= 11 is 0. The van der Waals surface area contributed by atoms with Crippen molar-refractivity contribution < 1.29 is 17.2 Å². The van der Waals surface area contributed by atoms with E-state index in [-0.39, 0.29) is 13.1 Å². The number of anilines is 1. The lowest BCUT2D eigenvalue weighted by Crippen LogP contribution is -2.51. The van der Waals surface area contributed by atoms with Crippen LogP contribution in [0, 0.1) is 11.6 Å². The van der Waals surface area contributed by atoms with Crippen molar-refractivity contribution in [3.63, 3.8) is 0 Å². The highest BCUT2D eigenvalue weighted by Crippen LogP contribution is 2.22. The first-order valence-electron chi connectivity index (χ1n) is 6.20. The van der Waals surface area contributed by atoms with Gasteiger partial charge in [0.05, 0.1) is 5.69 Å². The molecule has 0 amide bonds. The van der Waals surface area contributed by atoms with Gasteiger partial charge >= 0.3 is 0 Å². The van der Waals surface area contributed by atoms with Crippen LogP contribution < -0.4 is 4.90 Å². The number of piperazine rings is 1. The fraction of sp³-hybridized carbons (Fsp3) is 0.500. The molecule has 1 aromatic carbocycles. The van der Waals surface area contributed by atoms with Crippen LogP contribution in [0.25, 0.3) is 0 Å². The number of rotatable bonds is 3. The van der Waals surface area contributed by atoms with Crippen molar-refractivity contribution in [1.29, 1.82) is 0 Å². The average Bonchev–Trinajstić information content (AvgIpc) is 2.38. The van der Waals surface area contributed by atoms with Crippen molar-refractivity contribution in [3.05, 3.63) is 29.8 Å². The maximum absolute atomic E-state index is 13.7. The highest BCUT2D eigenvalue weighted by atomic mass is 32.2. The lowest BCUT2D eigenvalue weighted by Gasteiger charge is -2.36. The van der Waals surface area contributed by atoms with Gasteiger partial charge in [0.25, 0.3) is 10.2 Å². The minimum atomic E-state index is -3.44. The first-order chi connectivity index (χ1) is 9.32. The Kier molecular flexibility index (Phi) is 4.26. The minimum Gasteiger partial charge on any atom is -0.367 e. The Morgan fingerprint density at radius 1 is 1.10 bits per heavy atom. The Labute approximate surface area is 117 Å². The summed E-state index contributed by atoms with van der Waals surface area (Å²) < 4.78 is 52.9. The Hall–Kier alpha value is -1.25. The number of nitrogens with zero attached hydrogens (tertiary/aromatic N) is 3. The summed E-state index contributed by atoms with van der Waals surface area (Å²) in [6.07, 6.45) is 0. The molecular weight excluding hydrogens is 288 g/mol. The summed E-state index contributed by atoms with van der Waals surface area (Å²) in [4.78, 5) is 1.72. The average molecular weight is 305 g/mol. The van der Waals surface area contributed by atoms with Crippen LogP contribution >= 0.6 is 0 Å². The fourth-order valence-electron chi connectivity index (χ4n) is 2.13. The van der Waals surface area contributed by atoms with Gasteiger partial charge in [0.15, 0.2) is 0 Å². The lowest BCUT2D eigenvalue weighted by atomic mass is 10.2. The van der Waals surface area contributed by atoms with E-state index in [0.717, 1.165) is 10.4 Å². The molecule has 0 N–H and O–H groups in total. The standard InChI is InChI=1S/C12H17F2N3O2S/c1-15(2)20(18,19)17-7-5-16(6-8-17)12-4-3-10(13)9-11(12)14/h3-4,9H,5-8H2,1-2H3. The molecular formula is C12H17F2N3O2S. The minimum absolute atomic E-state index is 0.275. The third-order valence-electron chi connectivity index (χ3n) is 3.28. The van der Waals surface area contributed by atoms with Crippen molar-refractivity contribution in [3.8, 4) is 0 Å². The molecule has 8 heteroatoms. The van der Waals surface area contributed by atoms with Gasteiger partial charge in [0.1, 0.15) is 11.6 Å². The van der Waals surface area contributed by atoms with Gasteiger partial charge in [-0.1, -0.05) is 0 Å². The molecule has 0 aromatic heterocycles. The second-order valence-electron chi connectivity index (χ2n) is 4.77. The predicted molar refractivity (Wildman–Crippen MR) is 72.8 cm³/mol. The van der Waals surface area contributed by atoms with Crippen molar-refractivity contribution >= 4 is 15.9 Å². The summed E-state index contributed by atoms with van der Waals surface area (Å²) in [7, 11) is -0.489. The molecule has 0 radical (unpaired) electrons. The zero-order chi connectivity index (χ0) is 14.9. The van der Waals surface area contributed by atoms with Gasteiger partial charge in [0.2, 0.25) is 0 Å². The zero-order valence-corrected chi connectivity index (χ0v) is 12.2. The van der Waals surface area contributed by atoms with E-state index in [4.69, 9.17) is 0 Å². The third kappa shape index (κ3) is 2.92. The van der Waals surface area contributed by atoms with Crippen LogP contribution in [-0.2, 0) is 10.2 Å². The monoisotopic (exact) mass is 305 g/mol. The fourth-order valence-corrected chi connectivity index (χ4v) is 3.22. The van der Waals surface area contributed by atoms with Gasteiger partial charge in [-0.25, -0.2) is 8.78 Å². The van der Waals surface area contributed by atoms with Crippen LogP contribution in [0.2, 0.25) is 0 Å². The summed E-state index contributed by atoms with van der Waals surface area (Å²) in [6, 6.07) is 3.40. The number of benzene rings is 1. The van der Waals surface area contributed by atoms with Crippen LogP contribution in [0.3, 0.4) is 0 Å². The normalized spacial score (nSPS) is 17.8. The van der Waals surface area contributed by atoms with E-state index in [1.165, 1.54) is 30.5 Å². The third-order valence-corrected chi connectivity index (χ3v) is 5.22. The Balaban J connectivity index is 2.08. The molecule has 1 aliphatic rings. The smallest absolute Gasteiger partial charge is 0.281 e. The Bertz CT molecular complexity index is 584. The molecule has 1 aromatic rings. The van der Waals surface area contributed by atoms with E-state index in [1.54, 1.807) is 4.90 Å². The van der Waals surface area contributed by atoms with Crippen molar-refractivity contribution in [2.75, 3.05) is 45.2 Å². The molecule has 1 aliphatic heterocycles. The topological polar surface area (TPSA) is 43.9 Å². The van der Waals surface area contributed by atoms with Crippen LogP contribution in [0.5, 0.6) is 0 Å². The van der Waals surface area contributed by atoms with Crippen LogP contribution in [0.15, 0.2) is 18.2 Å². The van der Waals surface area contributed by atoms with Gasteiger partial charge in [-0.05, 0) is 12.1 Å². The second-order valence-corrected chi connectivity index (χ2v) is 6.91. The predicted octanol–water partition coefficient (Wildman–Crippen LogP) is 0.893. The van der Waals surface area contributed by atoms with Crippen molar-refractivity contribution in [2.24, 2.45) is 0 Å². The van der Waals surface area contributed by atoms with E-state index >= 15 is 0 Å². The van der Waals surface area contributed by atoms with E-state index in [1.807, 2.05) is 0 Å². The van der Waals surface area contributed by atoms with E-state index in [9.17, 15) is 17.2 Å². The van der Waals surface area contributed by atoms with E-state index in [2.05, 4.69) is 0 Å². The van der Waals surface area contributed by atoms with Gasteiger partial charge in [0, 0.05) is 46.3 Å². The molecule has 1 fully saturated rings.